The van der Waals surface area contributed by atoms with Crippen LogP contribution in [0.25, 0.3) is 0 Å². The molecule has 0 bridgehead atoms. The molecule has 2 unspecified atom stereocenters. The molecule has 3 rings (SSSR count). The van der Waals surface area contributed by atoms with Gasteiger partial charge in [0.1, 0.15) is 0 Å². The van der Waals surface area contributed by atoms with Gasteiger partial charge in [-0.2, -0.15) is 0 Å². The number of rotatable bonds is 0. The first-order valence-electron chi connectivity index (χ1n) is 9.72. The van der Waals surface area contributed by atoms with Crippen molar-refractivity contribution >= 4 is 0 Å². The Morgan fingerprint density at radius 2 is 1.48 bits per heavy atom. The maximum atomic E-state index is 10.6. The summed E-state index contributed by atoms with van der Waals surface area (Å²) in [4.78, 5) is 0. The van der Waals surface area contributed by atoms with Gasteiger partial charge in [-0.15, -0.1) is 0 Å². The number of hydrogen-bond donors (Lipinski definition) is 1. The van der Waals surface area contributed by atoms with Gasteiger partial charge in [0.15, 0.2) is 0 Å². The fraction of sp³-hybridized carbons (Fsp3) is 1.00. The predicted molar refractivity (Wildman–Crippen MR) is 89.1 cm³/mol. The fourth-order valence-corrected chi connectivity index (χ4v) is 6.37. The first-order valence-corrected chi connectivity index (χ1v) is 9.72. The molecule has 3 saturated carbocycles. The minimum Gasteiger partial charge on any atom is -0.393 e. The third-order valence-electron chi connectivity index (χ3n) is 7.79. The lowest BCUT2D eigenvalue weighted by atomic mass is 9.54. The fourth-order valence-electron chi connectivity index (χ4n) is 6.37. The summed E-state index contributed by atoms with van der Waals surface area (Å²) in [7, 11) is 0. The summed E-state index contributed by atoms with van der Waals surface area (Å²) >= 11 is 0. The number of aliphatic hydroxyl groups excluding tert-OH is 1. The van der Waals surface area contributed by atoms with Crippen LogP contribution in [0.15, 0.2) is 0 Å². The molecule has 0 aliphatic heterocycles. The van der Waals surface area contributed by atoms with Crippen molar-refractivity contribution in [2.24, 2.45) is 35.0 Å². The third-order valence-corrected chi connectivity index (χ3v) is 7.79. The molecule has 0 heterocycles. The highest BCUT2D eigenvalue weighted by Crippen LogP contribution is 2.60. The lowest BCUT2D eigenvalue weighted by Gasteiger charge is -2.52. The van der Waals surface area contributed by atoms with E-state index < -0.39 is 0 Å². The molecule has 0 amide bonds. The van der Waals surface area contributed by atoms with Crippen LogP contribution in [0.4, 0.5) is 0 Å². The third kappa shape index (κ3) is 2.80. The average Bonchev–Trinajstić information content (AvgIpc) is 2.76. The van der Waals surface area contributed by atoms with Crippen LogP contribution < -0.4 is 0 Å². The van der Waals surface area contributed by atoms with Crippen molar-refractivity contribution in [1.29, 1.82) is 0 Å². The van der Waals surface area contributed by atoms with E-state index in [1.165, 1.54) is 57.8 Å². The SMILES string of the molecule is C[C@@H]1CCCCCC[C@H](C)C2CC[C@@]3(C)C(CC[C@@H]3O)[C@@H]21. The maximum Gasteiger partial charge on any atom is 0.0596 e. The van der Waals surface area contributed by atoms with Gasteiger partial charge in [0.2, 0.25) is 0 Å². The predicted octanol–water partition coefficient (Wildman–Crippen LogP) is 5.42. The Morgan fingerprint density at radius 1 is 0.810 bits per heavy atom. The van der Waals surface area contributed by atoms with E-state index in [1.54, 1.807) is 0 Å². The van der Waals surface area contributed by atoms with Crippen molar-refractivity contribution in [3.8, 4) is 0 Å². The number of fused-ring (bicyclic) bond motifs is 3. The van der Waals surface area contributed by atoms with Crippen molar-refractivity contribution in [3.63, 3.8) is 0 Å². The Morgan fingerprint density at radius 3 is 2.19 bits per heavy atom. The summed E-state index contributed by atoms with van der Waals surface area (Å²) in [5.74, 6) is 4.38. The van der Waals surface area contributed by atoms with E-state index in [-0.39, 0.29) is 11.5 Å². The molecule has 0 aromatic heterocycles. The molecule has 0 radical (unpaired) electrons. The summed E-state index contributed by atoms with van der Waals surface area (Å²) in [6.45, 7) is 7.46. The molecule has 0 spiro atoms. The van der Waals surface area contributed by atoms with Crippen LogP contribution in [0.1, 0.15) is 85.0 Å². The van der Waals surface area contributed by atoms with Gasteiger partial charge in [-0.05, 0) is 60.7 Å². The van der Waals surface area contributed by atoms with Gasteiger partial charge in [-0.25, -0.2) is 0 Å². The molecule has 1 N–H and O–H groups in total. The quantitative estimate of drug-likeness (QED) is 0.632. The molecule has 0 saturated heterocycles. The van der Waals surface area contributed by atoms with E-state index >= 15 is 0 Å². The molecule has 3 aliphatic carbocycles. The van der Waals surface area contributed by atoms with E-state index in [0.717, 1.165) is 36.0 Å². The molecule has 1 heteroatoms. The van der Waals surface area contributed by atoms with Gasteiger partial charge < -0.3 is 5.11 Å². The van der Waals surface area contributed by atoms with Gasteiger partial charge in [0.05, 0.1) is 6.10 Å². The van der Waals surface area contributed by atoms with Crippen LogP contribution in [0.5, 0.6) is 0 Å². The number of aliphatic hydroxyl groups is 1. The van der Waals surface area contributed by atoms with Crippen molar-refractivity contribution < 1.29 is 5.11 Å². The minimum absolute atomic E-state index is 0.0265. The Kier molecular flexibility index (Phi) is 4.69. The van der Waals surface area contributed by atoms with Gasteiger partial charge >= 0.3 is 0 Å². The molecule has 0 aromatic carbocycles. The highest BCUT2D eigenvalue weighted by Gasteiger charge is 2.55. The van der Waals surface area contributed by atoms with Crippen molar-refractivity contribution in [2.45, 2.75) is 91.1 Å². The second-order valence-corrected chi connectivity index (χ2v) is 8.93. The molecule has 3 aliphatic rings. The molecular formula is C20H36O. The lowest BCUT2D eigenvalue weighted by molar-refractivity contribution is -0.0640. The van der Waals surface area contributed by atoms with Crippen LogP contribution in [0.2, 0.25) is 0 Å². The monoisotopic (exact) mass is 292 g/mol. The van der Waals surface area contributed by atoms with Crippen molar-refractivity contribution in [3.05, 3.63) is 0 Å². The highest BCUT2D eigenvalue weighted by molar-refractivity contribution is 5.04. The topological polar surface area (TPSA) is 20.2 Å². The molecule has 7 atom stereocenters. The Labute approximate surface area is 131 Å². The van der Waals surface area contributed by atoms with E-state index in [0.29, 0.717) is 0 Å². The van der Waals surface area contributed by atoms with Crippen molar-refractivity contribution in [1.82, 2.24) is 0 Å². The second-order valence-electron chi connectivity index (χ2n) is 8.93. The molecule has 21 heavy (non-hydrogen) atoms. The zero-order chi connectivity index (χ0) is 15.0. The molecule has 0 aromatic rings. The van der Waals surface area contributed by atoms with E-state index in [4.69, 9.17) is 0 Å². The van der Waals surface area contributed by atoms with Crippen LogP contribution in [-0.2, 0) is 0 Å². The van der Waals surface area contributed by atoms with Crippen LogP contribution >= 0.6 is 0 Å². The maximum absolute atomic E-state index is 10.6. The summed E-state index contributed by atoms with van der Waals surface area (Å²) in [5.41, 5.74) is 0.235. The van der Waals surface area contributed by atoms with Gasteiger partial charge in [-0.1, -0.05) is 59.3 Å². The van der Waals surface area contributed by atoms with Crippen molar-refractivity contribution in [2.75, 3.05) is 0 Å². The molecular weight excluding hydrogens is 256 g/mol. The Balaban J connectivity index is 1.86. The number of hydrogen-bond acceptors (Lipinski definition) is 1. The Hall–Kier alpha value is -0.0400. The van der Waals surface area contributed by atoms with E-state index in [2.05, 4.69) is 20.8 Å². The standard InChI is InChI=1S/C20H36O/c1-14-8-6-4-5-7-9-15(2)19-16(14)12-13-20(3)17(19)10-11-18(20)21/h14-19,21H,4-13H2,1-3H3/t14-,15+,16?,17?,18-,19+,20-/m0/s1. The summed E-state index contributed by atoms with van der Waals surface area (Å²) in [6, 6.07) is 0. The zero-order valence-corrected chi connectivity index (χ0v) is 14.5. The smallest absolute Gasteiger partial charge is 0.0596 e. The highest BCUT2D eigenvalue weighted by atomic mass is 16.3. The molecule has 122 valence electrons. The normalized spacial score (nSPS) is 52.0. The van der Waals surface area contributed by atoms with E-state index in [1.807, 2.05) is 0 Å². The Bertz CT molecular complexity index is 352. The molecule has 1 nitrogen and oxygen atoms in total. The van der Waals surface area contributed by atoms with Crippen LogP contribution in [0, 0.1) is 35.0 Å². The lowest BCUT2D eigenvalue weighted by Crippen LogP contribution is -2.47. The minimum atomic E-state index is -0.0265. The first kappa shape index (κ1) is 15.8. The van der Waals surface area contributed by atoms with Gasteiger partial charge in [0.25, 0.3) is 0 Å². The summed E-state index contributed by atoms with van der Waals surface area (Å²) in [6.07, 6.45) is 13.6. The van der Waals surface area contributed by atoms with Gasteiger partial charge in [-0.3, -0.25) is 0 Å². The first-order chi connectivity index (χ1) is 10.0. The van der Waals surface area contributed by atoms with E-state index in [9.17, 15) is 5.11 Å². The van der Waals surface area contributed by atoms with Gasteiger partial charge in [0, 0.05) is 0 Å². The molecule has 3 fully saturated rings. The van der Waals surface area contributed by atoms with Crippen LogP contribution in [-0.4, -0.2) is 11.2 Å². The second kappa shape index (κ2) is 6.22. The largest absolute Gasteiger partial charge is 0.393 e. The summed E-state index contributed by atoms with van der Waals surface area (Å²) in [5, 5.41) is 10.6. The zero-order valence-electron chi connectivity index (χ0n) is 14.5. The van der Waals surface area contributed by atoms with Crippen LogP contribution in [0.3, 0.4) is 0 Å². The average molecular weight is 293 g/mol. The summed E-state index contributed by atoms with van der Waals surface area (Å²) < 4.78 is 0.